The second kappa shape index (κ2) is 18.7. The van der Waals surface area contributed by atoms with E-state index in [9.17, 15) is 19.6 Å². The first kappa shape index (κ1) is 41.3. The van der Waals surface area contributed by atoms with Crippen molar-refractivity contribution in [3.63, 3.8) is 0 Å². The van der Waals surface area contributed by atoms with Crippen molar-refractivity contribution in [1.29, 1.82) is 5.26 Å². The molecular formula is C45H47N5O8. The molecule has 1 unspecified atom stereocenters. The zero-order chi connectivity index (χ0) is 41.2. The SMILES string of the molecule is CNC(=O)CCO[C@@H]1[C@@H](C(C)C#N)[C@@H](COC(c2ccccc2)(c2ccc(OC)cc2)c2ccc(OC)cc2)O[C@H]1n1cc(C)c(NC(=O)c2ccccc2)nc1=O. The van der Waals surface area contributed by atoms with Gasteiger partial charge < -0.3 is 34.3 Å². The predicted molar refractivity (Wildman–Crippen MR) is 216 cm³/mol. The third-order valence-electron chi connectivity index (χ3n) is 10.4. The first-order valence-corrected chi connectivity index (χ1v) is 19.0. The number of amides is 2. The molecule has 5 atom stereocenters. The highest BCUT2D eigenvalue weighted by Gasteiger charge is 2.51. The van der Waals surface area contributed by atoms with Crippen molar-refractivity contribution in [2.45, 2.75) is 44.3 Å². The van der Waals surface area contributed by atoms with Crippen LogP contribution < -0.4 is 25.8 Å². The van der Waals surface area contributed by atoms with Crippen molar-refractivity contribution in [3.05, 3.63) is 154 Å². The van der Waals surface area contributed by atoms with Crippen LogP contribution >= 0.6 is 0 Å². The molecule has 2 N–H and O–H groups in total. The van der Waals surface area contributed by atoms with Gasteiger partial charge in [-0.3, -0.25) is 14.2 Å². The van der Waals surface area contributed by atoms with Gasteiger partial charge in [0.05, 0.1) is 45.5 Å². The average Bonchev–Trinajstić information content (AvgIpc) is 3.63. The fourth-order valence-corrected chi connectivity index (χ4v) is 7.35. The molecule has 0 saturated carbocycles. The van der Waals surface area contributed by atoms with E-state index in [4.69, 9.17) is 23.7 Å². The summed E-state index contributed by atoms with van der Waals surface area (Å²) in [5.41, 5.74) is 1.40. The van der Waals surface area contributed by atoms with Crippen LogP contribution in [0, 0.1) is 30.1 Å². The van der Waals surface area contributed by atoms with E-state index in [-0.39, 0.29) is 31.4 Å². The van der Waals surface area contributed by atoms with Crippen molar-refractivity contribution in [3.8, 4) is 17.6 Å². The number of anilines is 1. The quantitative estimate of drug-likeness (QED) is 0.113. The molecule has 0 bridgehead atoms. The Bertz CT molecular complexity index is 2210. The number of benzene rings is 4. The minimum Gasteiger partial charge on any atom is -0.497 e. The monoisotopic (exact) mass is 785 g/mol. The smallest absolute Gasteiger partial charge is 0.351 e. The maximum absolute atomic E-state index is 13.9. The van der Waals surface area contributed by atoms with Crippen LogP contribution in [0.3, 0.4) is 0 Å². The van der Waals surface area contributed by atoms with Crippen LogP contribution in [0.2, 0.25) is 0 Å². The molecule has 58 heavy (non-hydrogen) atoms. The predicted octanol–water partition coefficient (Wildman–Crippen LogP) is 6.02. The fourth-order valence-electron chi connectivity index (χ4n) is 7.35. The van der Waals surface area contributed by atoms with E-state index in [1.54, 1.807) is 64.6 Å². The first-order valence-electron chi connectivity index (χ1n) is 19.0. The molecule has 5 aromatic rings. The standard InChI is InChI=1S/C45H47N5O8/c1-29(26-46)39-37(28-57-45(32-14-10-7-11-15-32,33-16-20-35(54-4)21-17-33)34-18-22-36(55-5)23-19-34)58-43(40(39)56-25-24-38(51)47-3)50-27-30(2)41(49-44(50)53)48-42(52)31-12-8-6-9-13-31/h6-23,27,29,37,39-40,43H,24-25,28H2,1-5H3,(H,47,51)(H,48,49,52,53)/t29?,37-,39+,40-,43-/m1/s1. The maximum atomic E-state index is 13.9. The summed E-state index contributed by atoms with van der Waals surface area (Å²) in [6.45, 7) is 3.42. The summed E-state index contributed by atoms with van der Waals surface area (Å²) in [5.74, 6) is -0.505. The van der Waals surface area contributed by atoms with Gasteiger partial charge >= 0.3 is 5.69 Å². The lowest BCUT2D eigenvalue weighted by molar-refractivity contribution is -0.123. The van der Waals surface area contributed by atoms with Crippen molar-refractivity contribution in [2.75, 3.05) is 39.8 Å². The highest BCUT2D eigenvalue weighted by Crippen LogP contribution is 2.45. The minimum absolute atomic E-state index is 0.00947. The molecule has 0 aliphatic carbocycles. The molecule has 0 spiro atoms. The zero-order valence-electron chi connectivity index (χ0n) is 33.1. The van der Waals surface area contributed by atoms with Crippen molar-refractivity contribution in [2.24, 2.45) is 11.8 Å². The first-order chi connectivity index (χ1) is 28.1. The largest absolute Gasteiger partial charge is 0.497 e. The molecule has 1 fully saturated rings. The summed E-state index contributed by atoms with van der Waals surface area (Å²) in [7, 11) is 4.75. The molecular weight excluding hydrogens is 739 g/mol. The molecule has 4 aromatic carbocycles. The number of hydrogen-bond donors (Lipinski definition) is 2. The summed E-state index contributed by atoms with van der Waals surface area (Å²) >= 11 is 0. The van der Waals surface area contributed by atoms with E-state index in [0.29, 0.717) is 22.6 Å². The van der Waals surface area contributed by atoms with Gasteiger partial charge in [-0.05, 0) is 66.9 Å². The molecule has 2 amide bonds. The van der Waals surface area contributed by atoms with E-state index in [0.717, 1.165) is 16.7 Å². The molecule has 1 aromatic heterocycles. The number of carbonyl (C=O) groups is 2. The van der Waals surface area contributed by atoms with Gasteiger partial charge in [-0.2, -0.15) is 10.2 Å². The van der Waals surface area contributed by atoms with Crippen molar-refractivity contribution >= 4 is 17.6 Å². The number of rotatable bonds is 16. The third kappa shape index (κ3) is 8.79. The summed E-state index contributed by atoms with van der Waals surface area (Å²) in [5, 5.41) is 15.7. The second-order valence-corrected chi connectivity index (χ2v) is 13.9. The van der Waals surface area contributed by atoms with E-state index >= 15 is 0 Å². The molecule has 0 radical (unpaired) electrons. The lowest BCUT2D eigenvalue weighted by atomic mass is 9.79. The lowest BCUT2D eigenvalue weighted by Gasteiger charge is -2.37. The number of hydrogen-bond acceptors (Lipinski definition) is 10. The van der Waals surface area contributed by atoms with Gasteiger partial charge in [0.2, 0.25) is 5.91 Å². The zero-order valence-corrected chi connectivity index (χ0v) is 33.1. The topological polar surface area (TPSA) is 163 Å². The Morgan fingerprint density at radius 2 is 1.47 bits per heavy atom. The number of methoxy groups -OCH3 is 2. The fraction of sp³-hybridized carbons (Fsp3) is 0.311. The van der Waals surface area contributed by atoms with Crippen LogP contribution in [-0.2, 0) is 24.6 Å². The molecule has 1 aliphatic rings. The Balaban J connectivity index is 1.42. The Morgan fingerprint density at radius 1 is 0.897 bits per heavy atom. The van der Waals surface area contributed by atoms with E-state index < -0.39 is 47.5 Å². The second-order valence-electron chi connectivity index (χ2n) is 13.9. The number of aryl methyl sites for hydroxylation is 1. The van der Waals surface area contributed by atoms with Gasteiger partial charge in [-0.1, -0.05) is 72.8 Å². The molecule has 1 saturated heterocycles. The summed E-state index contributed by atoms with van der Waals surface area (Å²) in [6.07, 6.45) is -1.17. The maximum Gasteiger partial charge on any atom is 0.351 e. The van der Waals surface area contributed by atoms with Crippen LogP contribution in [0.15, 0.2) is 120 Å². The van der Waals surface area contributed by atoms with Crippen LogP contribution in [0.5, 0.6) is 11.5 Å². The van der Waals surface area contributed by atoms with Crippen LogP contribution in [0.1, 0.15) is 52.2 Å². The highest BCUT2D eigenvalue weighted by molar-refractivity contribution is 6.04. The summed E-state index contributed by atoms with van der Waals surface area (Å²) < 4.78 is 32.7. The van der Waals surface area contributed by atoms with Gasteiger partial charge in [-0.15, -0.1) is 0 Å². The normalized spacial score (nSPS) is 18.1. The molecule has 1 aliphatic heterocycles. The van der Waals surface area contributed by atoms with E-state index in [2.05, 4.69) is 21.7 Å². The van der Waals surface area contributed by atoms with Crippen molar-refractivity contribution < 1.29 is 33.3 Å². The van der Waals surface area contributed by atoms with Crippen LogP contribution in [0.25, 0.3) is 0 Å². The minimum atomic E-state index is -1.20. The summed E-state index contributed by atoms with van der Waals surface area (Å²) in [6, 6.07) is 36.0. The van der Waals surface area contributed by atoms with Gasteiger partial charge in [-0.25, -0.2) is 4.79 Å². The van der Waals surface area contributed by atoms with E-state index in [1.807, 2.05) is 78.9 Å². The lowest BCUT2D eigenvalue weighted by Crippen LogP contribution is -2.40. The molecule has 300 valence electrons. The average molecular weight is 786 g/mol. The van der Waals surface area contributed by atoms with Gasteiger partial charge in [0, 0.05) is 36.7 Å². The van der Waals surface area contributed by atoms with Gasteiger partial charge in [0.25, 0.3) is 5.91 Å². The van der Waals surface area contributed by atoms with Gasteiger partial charge in [0.15, 0.2) is 6.23 Å². The van der Waals surface area contributed by atoms with Gasteiger partial charge in [0.1, 0.15) is 29.0 Å². The van der Waals surface area contributed by atoms with Crippen LogP contribution in [-0.4, -0.2) is 68.1 Å². The highest BCUT2D eigenvalue weighted by atomic mass is 16.6. The number of nitrogens with one attached hydrogen (secondary N) is 2. The molecule has 13 nitrogen and oxygen atoms in total. The number of ether oxygens (including phenoxy) is 5. The molecule has 13 heteroatoms. The number of aromatic nitrogens is 2. The molecule has 6 rings (SSSR count). The molecule has 2 heterocycles. The Morgan fingerprint density at radius 3 is 2.02 bits per heavy atom. The number of carbonyl (C=O) groups excluding carboxylic acids is 2. The van der Waals surface area contributed by atoms with E-state index in [1.165, 1.54) is 11.6 Å². The van der Waals surface area contributed by atoms with Crippen molar-refractivity contribution in [1.82, 2.24) is 14.9 Å². The number of nitrogens with zero attached hydrogens (tertiary/aromatic N) is 3. The van der Waals surface area contributed by atoms with Crippen LogP contribution in [0.4, 0.5) is 5.82 Å². The Labute approximate surface area is 337 Å². The Hall–Kier alpha value is -6.33. The summed E-state index contributed by atoms with van der Waals surface area (Å²) in [4.78, 5) is 43.4. The number of nitriles is 1. The third-order valence-corrected chi connectivity index (χ3v) is 10.4. The Kier molecular flexibility index (Phi) is 13.3.